The average molecular weight is 167 g/mol. The zero-order valence-corrected chi connectivity index (χ0v) is 6.36. The maximum atomic E-state index is 11.5. The van der Waals surface area contributed by atoms with Gasteiger partial charge in [0.05, 0.1) is 0 Å². The van der Waals surface area contributed by atoms with Gasteiger partial charge < -0.3 is 5.73 Å². The van der Waals surface area contributed by atoms with Crippen molar-refractivity contribution < 1.29 is 13.2 Å². The molecule has 1 atom stereocenters. The van der Waals surface area contributed by atoms with Crippen LogP contribution in [0.1, 0.15) is 19.8 Å². The molecule has 0 heterocycles. The van der Waals surface area contributed by atoms with E-state index < -0.39 is 12.2 Å². The zero-order chi connectivity index (χ0) is 8.91. The Hall–Kier alpha value is -0.510. The molecule has 0 amide bonds. The van der Waals surface area contributed by atoms with Gasteiger partial charge >= 0.3 is 6.18 Å². The van der Waals surface area contributed by atoms with E-state index in [-0.39, 0.29) is 6.08 Å². The summed E-state index contributed by atoms with van der Waals surface area (Å²) in [6.45, 7) is 1.88. The summed E-state index contributed by atoms with van der Waals surface area (Å²) in [5.41, 5.74) is 5.30. The van der Waals surface area contributed by atoms with E-state index in [1.165, 1.54) is 0 Å². The fraction of sp³-hybridized carbons (Fsp3) is 0.714. The van der Waals surface area contributed by atoms with Gasteiger partial charge in [-0.05, 0) is 6.42 Å². The van der Waals surface area contributed by atoms with E-state index in [2.05, 4.69) is 0 Å². The molecule has 0 aliphatic rings. The highest BCUT2D eigenvalue weighted by atomic mass is 19.4. The third-order valence-electron chi connectivity index (χ3n) is 1.15. The Morgan fingerprint density at radius 2 is 2.00 bits per heavy atom. The zero-order valence-electron chi connectivity index (χ0n) is 6.36. The Morgan fingerprint density at radius 1 is 1.45 bits per heavy atom. The molecule has 11 heavy (non-hydrogen) atoms. The van der Waals surface area contributed by atoms with Crippen LogP contribution in [0.2, 0.25) is 0 Å². The van der Waals surface area contributed by atoms with Crippen LogP contribution in [0.5, 0.6) is 0 Å². The molecule has 0 aromatic carbocycles. The summed E-state index contributed by atoms with van der Waals surface area (Å²) < 4.78 is 34.5. The van der Waals surface area contributed by atoms with Crippen LogP contribution < -0.4 is 5.73 Å². The molecule has 0 bridgehead atoms. The van der Waals surface area contributed by atoms with Gasteiger partial charge in [-0.15, -0.1) is 0 Å². The summed E-state index contributed by atoms with van der Waals surface area (Å²) in [6.07, 6.45) is -1.67. The second kappa shape index (κ2) is 4.38. The van der Waals surface area contributed by atoms with Crippen molar-refractivity contribution in [1.29, 1.82) is 0 Å². The van der Waals surface area contributed by atoms with Gasteiger partial charge in [-0.25, -0.2) is 0 Å². The minimum absolute atomic E-state index is 0.188. The molecule has 1 unspecified atom stereocenters. The van der Waals surface area contributed by atoms with Crippen LogP contribution in [0.4, 0.5) is 13.2 Å². The summed E-state index contributed by atoms with van der Waals surface area (Å²) in [7, 11) is 0. The second-order valence-corrected chi connectivity index (χ2v) is 2.35. The molecular formula is C7H12F3N. The third kappa shape index (κ3) is 7.39. The Balaban J connectivity index is 3.73. The van der Waals surface area contributed by atoms with E-state index in [1.807, 2.05) is 6.92 Å². The van der Waals surface area contributed by atoms with E-state index in [0.29, 0.717) is 6.42 Å². The SMILES string of the molecule is CCCC(N)/C=C/C(F)(F)F. The quantitative estimate of drug-likeness (QED) is 0.641. The van der Waals surface area contributed by atoms with E-state index in [9.17, 15) is 13.2 Å². The first-order valence-electron chi connectivity index (χ1n) is 3.47. The lowest BCUT2D eigenvalue weighted by Gasteiger charge is -2.03. The molecule has 0 radical (unpaired) electrons. The van der Waals surface area contributed by atoms with Crippen LogP contribution >= 0.6 is 0 Å². The predicted octanol–water partition coefficient (Wildman–Crippen LogP) is 2.23. The molecule has 0 aromatic rings. The molecule has 0 fully saturated rings. The summed E-state index contributed by atoms with van der Waals surface area (Å²) >= 11 is 0. The molecule has 4 heteroatoms. The predicted molar refractivity (Wildman–Crippen MR) is 38.1 cm³/mol. The van der Waals surface area contributed by atoms with Gasteiger partial charge in [0.25, 0.3) is 0 Å². The molecule has 0 saturated heterocycles. The normalized spacial score (nSPS) is 15.7. The smallest absolute Gasteiger partial charge is 0.324 e. The molecule has 1 nitrogen and oxygen atoms in total. The van der Waals surface area contributed by atoms with E-state index in [4.69, 9.17) is 5.73 Å². The van der Waals surface area contributed by atoms with E-state index in [0.717, 1.165) is 12.5 Å². The Morgan fingerprint density at radius 3 is 2.36 bits per heavy atom. The molecule has 2 N–H and O–H groups in total. The van der Waals surface area contributed by atoms with Crippen LogP contribution in [0.25, 0.3) is 0 Å². The molecule has 0 aliphatic carbocycles. The monoisotopic (exact) mass is 167 g/mol. The fourth-order valence-electron chi connectivity index (χ4n) is 0.662. The number of halogens is 3. The minimum atomic E-state index is -4.23. The molecular weight excluding hydrogens is 155 g/mol. The van der Waals surface area contributed by atoms with Gasteiger partial charge in [0.2, 0.25) is 0 Å². The minimum Gasteiger partial charge on any atom is -0.324 e. The first-order valence-corrected chi connectivity index (χ1v) is 3.47. The van der Waals surface area contributed by atoms with Crippen molar-refractivity contribution >= 4 is 0 Å². The van der Waals surface area contributed by atoms with Crippen LogP contribution in [-0.2, 0) is 0 Å². The summed E-state index contributed by atoms with van der Waals surface area (Å²) in [6, 6.07) is -0.471. The maximum absolute atomic E-state index is 11.5. The van der Waals surface area contributed by atoms with E-state index >= 15 is 0 Å². The van der Waals surface area contributed by atoms with Crippen molar-refractivity contribution in [2.24, 2.45) is 5.73 Å². The summed E-state index contributed by atoms with van der Waals surface area (Å²) in [5, 5.41) is 0. The van der Waals surface area contributed by atoms with Gasteiger partial charge in [-0.1, -0.05) is 19.4 Å². The van der Waals surface area contributed by atoms with E-state index in [1.54, 1.807) is 0 Å². The molecule has 0 aliphatic heterocycles. The van der Waals surface area contributed by atoms with Crippen molar-refractivity contribution in [1.82, 2.24) is 0 Å². The highest BCUT2D eigenvalue weighted by Gasteiger charge is 2.21. The lowest BCUT2D eigenvalue weighted by Crippen LogP contribution is -2.17. The number of nitrogens with two attached hydrogens (primary N) is 1. The highest BCUT2D eigenvalue weighted by molar-refractivity contribution is 4.95. The molecule has 0 aromatic heterocycles. The first-order chi connectivity index (χ1) is 4.95. The van der Waals surface area contributed by atoms with Crippen LogP contribution in [0, 0.1) is 0 Å². The maximum Gasteiger partial charge on any atom is 0.409 e. The van der Waals surface area contributed by atoms with Gasteiger partial charge in [-0.2, -0.15) is 13.2 Å². The standard InChI is InChI=1S/C7H12F3N/c1-2-3-6(11)4-5-7(8,9)10/h4-6H,2-3,11H2,1H3/b5-4+. The Labute approximate surface area is 64.1 Å². The van der Waals surface area contributed by atoms with Gasteiger partial charge in [0.15, 0.2) is 0 Å². The third-order valence-corrected chi connectivity index (χ3v) is 1.15. The molecule has 66 valence electrons. The summed E-state index contributed by atoms with van der Waals surface area (Å²) in [4.78, 5) is 0. The van der Waals surface area contributed by atoms with Gasteiger partial charge in [-0.3, -0.25) is 0 Å². The van der Waals surface area contributed by atoms with Crippen LogP contribution in [0.3, 0.4) is 0 Å². The van der Waals surface area contributed by atoms with Gasteiger partial charge in [0.1, 0.15) is 0 Å². The van der Waals surface area contributed by atoms with Crippen molar-refractivity contribution in [2.45, 2.75) is 32.0 Å². The van der Waals surface area contributed by atoms with Gasteiger partial charge in [0, 0.05) is 12.1 Å². The molecule has 0 rings (SSSR count). The van der Waals surface area contributed by atoms with Crippen LogP contribution in [-0.4, -0.2) is 12.2 Å². The largest absolute Gasteiger partial charge is 0.409 e. The number of alkyl halides is 3. The number of rotatable bonds is 3. The lowest BCUT2D eigenvalue weighted by molar-refractivity contribution is -0.0801. The van der Waals surface area contributed by atoms with Crippen molar-refractivity contribution in [2.75, 3.05) is 0 Å². The second-order valence-electron chi connectivity index (χ2n) is 2.35. The van der Waals surface area contributed by atoms with Crippen molar-refractivity contribution in [3.05, 3.63) is 12.2 Å². The summed E-state index contributed by atoms with van der Waals surface area (Å²) in [5.74, 6) is 0. The topological polar surface area (TPSA) is 26.0 Å². The number of hydrogen-bond donors (Lipinski definition) is 1. The van der Waals surface area contributed by atoms with Crippen LogP contribution in [0.15, 0.2) is 12.2 Å². The molecule has 0 spiro atoms. The van der Waals surface area contributed by atoms with Crippen molar-refractivity contribution in [3.63, 3.8) is 0 Å². The first kappa shape index (κ1) is 10.5. The average Bonchev–Trinajstić information content (AvgIpc) is 1.83. The number of hydrogen-bond acceptors (Lipinski definition) is 1. The highest BCUT2D eigenvalue weighted by Crippen LogP contribution is 2.16. The Kier molecular flexibility index (Phi) is 4.18. The Bertz CT molecular complexity index is 128. The van der Waals surface area contributed by atoms with Crippen molar-refractivity contribution in [3.8, 4) is 0 Å². The molecule has 0 saturated carbocycles. The number of allylic oxidation sites excluding steroid dienone is 1. The fourth-order valence-corrected chi connectivity index (χ4v) is 0.662. The lowest BCUT2D eigenvalue weighted by atomic mass is 10.2.